The zero-order valence-electron chi connectivity index (χ0n) is 6.04. The summed E-state index contributed by atoms with van der Waals surface area (Å²) in [5.41, 5.74) is 6.27. The molecule has 2 N–H and O–H groups in total. The minimum atomic E-state index is 0.594. The average molecular weight is 216 g/mol. The number of hydrogen-bond acceptors (Lipinski definition) is 3. The van der Waals surface area contributed by atoms with E-state index in [1.165, 1.54) is 0 Å². The van der Waals surface area contributed by atoms with Gasteiger partial charge in [0.15, 0.2) is 0 Å². The Bertz CT molecular complexity index is 436. The molecule has 62 valence electrons. The maximum atomic E-state index is 5.86. The maximum Gasteiger partial charge on any atom is 0.0642 e. The fraction of sp³-hybridized carbons (Fsp3) is 0. The first kappa shape index (κ1) is 8.23. The van der Waals surface area contributed by atoms with E-state index >= 15 is 0 Å². The Morgan fingerprint density at radius 3 is 2.92 bits per heavy atom. The molecule has 0 saturated heterocycles. The number of nitrogens with two attached hydrogens (primary N) is 1. The lowest BCUT2D eigenvalue weighted by Gasteiger charge is -1.97. The maximum absolute atomic E-state index is 5.86. The topological polar surface area (TPSA) is 26.0 Å². The molecule has 0 aliphatic rings. The summed E-state index contributed by atoms with van der Waals surface area (Å²) in [6.45, 7) is 0. The van der Waals surface area contributed by atoms with E-state index in [2.05, 4.69) is 12.6 Å². The first-order valence-corrected chi connectivity index (χ1v) is 5.04. The molecule has 12 heavy (non-hydrogen) atoms. The van der Waals surface area contributed by atoms with E-state index in [1.807, 2.05) is 17.5 Å². The number of nitrogen functional groups attached to an aromatic ring is 1. The normalized spacial score (nSPS) is 10.8. The first-order valence-electron chi connectivity index (χ1n) is 3.33. The minimum absolute atomic E-state index is 0.594. The van der Waals surface area contributed by atoms with Crippen LogP contribution in [0.5, 0.6) is 0 Å². The van der Waals surface area contributed by atoms with Gasteiger partial charge >= 0.3 is 0 Å². The zero-order chi connectivity index (χ0) is 8.72. The van der Waals surface area contributed by atoms with Gasteiger partial charge in [-0.2, -0.15) is 0 Å². The standard InChI is InChI=1S/C8H6ClNS2/c9-5-1-4-7(11)3-12-8(4)2-6(5)10/h1-3,11H,10H2. The fourth-order valence-corrected chi connectivity index (χ4v) is 2.49. The van der Waals surface area contributed by atoms with Gasteiger partial charge in [-0.25, -0.2) is 0 Å². The van der Waals surface area contributed by atoms with Crippen LogP contribution >= 0.6 is 35.6 Å². The van der Waals surface area contributed by atoms with Gasteiger partial charge in [0, 0.05) is 20.4 Å². The van der Waals surface area contributed by atoms with Gasteiger partial charge < -0.3 is 5.73 Å². The highest BCUT2D eigenvalue weighted by molar-refractivity contribution is 7.80. The summed E-state index contributed by atoms with van der Waals surface area (Å²) in [6.07, 6.45) is 0. The second-order valence-corrected chi connectivity index (χ2v) is 4.29. The molecular weight excluding hydrogens is 210 g/mol. The quantitative estimate of drug-likeness (QED) is 0.511. The van der Waals surface area contributed by atoms with Crippen LogP contribution in [-0.2, 0) is 0 Å². The predicted molar refractivity (Wildman–Crippen MR) is 58.5 cm³/mol. The van der Waals surface area contributed by atoms with Crippen LogP contribution in [0.15, 0.2) is 22.4 Å². The summed E-state index contributed by atoms with van der Waals surface area (Å²) >= 11 is 11.8. The van der Waals surface area contributed by atoms with Gasteiger partial charge in [-0.05, 0) is 12.1 Å². The summed E-state index contributed by atoms with van der Waals surface area (Å²) in [4.78, 5) is 0.955. The Morgan fingerprint density at radius 2 is 2.17 bits per heavy atom. The molecule has 1 nitrogen and oxygen atoms in total. The lowest BCUT2D eigenvalue weighted by atomic mass is 10.2. The fourth-order valence-electron chi connectivity index (χ4n) is 1.05. The number of fused-ring (bicyclic) bond motifs is 1. The summed E-state index contributed by atoms with van der Waals surface area (Å²) in [5.74, 6) is 0. The lowest BCUT2D eigenvalue weighted by Crippen LogP contribution is -1.84. The molecule has 0 saturated carbocycles. The van der Waals surface area contributed by atoms with Crippen molar-refractivity contribution in [2.24, 2.45) is 0 Å². The SMILES string of the molecule is Nc1cc2scc(S)c2cc1Cl. The van der Waals surface area contributed by atoms with Crippen LogP contribution in [0.1, 0.15) is 0 Å². The van der Waals surface area contributed by atoms with E-state index in [0.29, 0.717) is 10.7 Å². The van der Waals surface area contributed by atoms with Gasteiger partial charge in [-0.3, -0.25) is 0 Å². The van der Waals surface area contributed by atoms with Crippen molar-refractivity contribution in [2.45, 2.75) is 4.90 Å². The van der Waals surface area contributed by atoms with Crippen molar-refractivity contribution in [3.05, 3.63) is 22.5 Å². The molecule has 1 heterocycles. The highest BCUT2D eigenvalue weighted by atomic mass is 35.5. The molecule has 4 heteroatoms. The van der Waals surface area contributed by atoms with Crippen LogP contribution in [0.3, 0.4) is 0 Å². The molecule has 0 unspecified atom stereocenters. The lowest BCUT2D eigenvalue weighted by molar-refractivity contribution is 1.67. The third-order valence-electron chi connectivity index (χ3n) is 1.67. The van der Waals surface area contributed by atoms with Crippen molar-refractivity contribution in [1.82, 2.24) is 0 Å². The molecule has 0 bridgehead atoms. The van der Waals surface area contributed by atoms with Crippen LogP contribution in [0, 0.1) is 0 Å². The number of thiophene rings is 1. The van der Waals surface area contributed by atoms with Crippen LogP contribution in [-0.4, -0.2) is 0 Å². The van der Waals surface area contributed by atoms with Crippen molar-refractivity contribution in [2.75, 3.05) is 5.73 Å². The van der Waals surface area contributed by atoms with Crippen molar-refractivity contribution in [3.8, 4) is 0 Å². The van der Waals surface area contributed by atoms with Gasteiger partial charge in [0.2, 0.25) is 0 Å². The molecule has 0 amide bonds. The molecule has 0 atom stereocenters. The van der Waals surface area contributed by atoms with Crippen LogP contribution in [0.25, 0.3) is 10.1 Å². The number of benzene rings is 1. The molecular formula is C8H6ClNS2. The Labute approximate surface area is 84.6 Å². The molecule has 0 spiro atoms. The van der Waals surface area contributed by atoms with Crippen LogP contribution < -0.4 is 5.73 Å². The molecule has 1 aromatic carbocycles. The summed E-state index contributed by atoms with van der Waals surface area (Å²) in [5, 5.41) is 3.64. The van der Waals surface area contributed by atoms with Gasteiger partial charge in [-0.15, -0.1) is 24.0 Å². The molecule has 0 aliphatic heterocycles. The van der Waals surface area contributed by atoms with Gasteiger partial charge in [-0.1, -0.05) is 11.6 Å². The van der Waals surface area contributed by atoms with E-state index in [1.54, 1.807) is 11.3 Å². The third kappa shape index (κ3) is 1.18. The number of hydrogen-bond donors (Lipinski definition) is 2. The smallest absolute Gasteiger partial charge is 0.0642 e. The van der Waals surface area contributed by atoms with E-state index in [-0.39, 0.29) is 0 Å². The van der Waals surface area contributed by atoms with E-state index in [0.717, 1.165) is 15.0 Å². The molecule has 0 aliphatic carbocycles. The molecule has 1 aromatic heterocycles. The van der Waals surface area contributed by atoms with Crippen molar-refractivity contribution in [1.29, 1.82) is 0 Å². The highest BCUT2D eigenvalue weighted by Gasteiger charge is 2.03. The average Bonchev–Trinajstić information content (AvgIpc) is 2.35. The van der Waals surface area contributed by atoms with E-state index in [4.69, 9.17) is 17.3 Å². The second kappa shape index (κ2) is 2.83. The van der Waals surface area contributed by atoms with Crippen molar-refractivity contribution >= 4 is 51.3 Å². The Morgan fingerprint density at radius 1 is 1.42 bits per heavy atom. The van der Waals surface area contributed by atoms with Gasteiger partial charge in [0.05, 0.1) is 10.7 Å². The molecule has 2 rings (SSSR count). The Kier molecular flexibility index (Phi) is 1.94. The number of thiol groups is 1. The van der Waals surface area contributed by atoms with Crippen LogP contribution in [0.2, 0.25) is 5.02 Å². The highest BCUT2D eigenvalue weighted by Crippen LogP contribution is 2.33. The van der Waals surface area contributed by atoms with Crippen LogP contribution in [0.4, 0.5) is 5.69 Å². The minimum Gasteiger partial charge on any atom is -0.397 e. The summed E-state index contributed by atoms with van der Waals surface area (Å²) in [6, 6.07) is 3.73. The van der Waals surface area contributed by atoms with E-state index in [9.17, 15) is 0 Å². The van der Waals surface area contributed by atoms with E-state index < -0.39 is 0 Å². The molecule has 0 radical (unpaired) electrons. The molecule has 2 aromatic rings. The van der Waals surface area contributed by atoms with Gasteiger partial charge in [0.1, 0.15) is 0 Å². The summed E-state index contributed by atoms with van der Waals surface area (Å²) < 4.78 is 1.13. The number of halogens is 1. The molecule has 0 fully saturated rings. The monoisotopic (exact) mass is 215 g/mol. The van der Waals surface area contributed by atoms with Crippen molar-refractivity contribution in [3.63, 3.8) is 0 Å². The third-order valence-corrected chi connectivity index (χ3v) is 3.49. The Balaban J connectivity index is 2.87. The largest absolute Gasteiger partial charge is 0.397 e. The van der Waals surface area contributed by atoms with Gasteiger partial charge in [0.25, 0.3) is 0 Å². The number of rotatable bonds is 0. The second-order valence-electron chi connectivity index (χ2n) is 2.49. The first-order chi connectivity index (χ1) is 5.68. The zero-order valence-corrected chi connectivity index (χ0v) is 8.51. The predicted octanol–water partition coefficient (Wildman–Crippen LogP) is 3.43. The Hall–Kier alpha value is -0.380. The van der Waals surface area contributed by atoms with Crippen molar-refractivity contribution < 1.29 is 0 Å². The summed E-state index contributed by atoms with van der Waals surface area (Å²) in [7, 11) is 0. The number of anilines is 1.